The van der Waals surface area contributed by atoms with Gasteiger partial charge < -0.3 is 9.67 Å². The van der Waals surface area contributed by atoms with Crippen LogP contribution < -0.4 is 0 Å². The SMILES string of the molecule is CCN(Cc1ccc2ccn(CC)c2c1)[C@@H](C)CCO. The maximum absolute atomic E-state index is 9.10. The Hall–Kier alpha value is -1.32. The van der Waals surface area contributed by atoms with E-state index in [1.165, 1.54) is 16.5 Å². The highest BCUT2D eigenvalue weighted by Crippen LogP contribution is 2.19. The zero-order valence-corrected chi connectivity index (χ0v) is 12.8. The van der Waals surface area contributed by atoms with E-state index in [4.69, 9.17) is 5.11 Å². The summed E-state index contributed by atoms with van der Waals surface area (Å²) in [6.45, 7) is 9.76. The van der Waals surface area contributed by atoms with Gasteiger partial charge in [0.1, 0.15) is 0 Å². The van der Waals surface area contributed by atoms with Crippen LogP contribution in [0.25, 0.3) is 10.9 Å². The molecule has 0 unspecified atom stereocenters. The van der Waals surface area contributed by atoms with Crippen molar-refractivity contribution in [3.63, 3.8) is 0 Å². The molecular weight excluding hydrogens is 248 g/mol. The number of rotatable bonds is 7. The third-order valence-corrected chi connectivity index (χ3v) is 4.14. The molecule has 1 aromatic heterocycles. The number of benzene rings is 1. The molecular formula is C17H26N2O. The van der Waals surface area contributed by atoms with Gasteiger partial charge in [-0.3, -0.25) is 4.90 Å². The number of aryl methyl sites for hydroxylation is 1. The van der Waals surface area contributed by atoms with Crippen LogP contribution in [0.1, 0.15) is 32.8 Å². The molecule has 1 atom stereocenters. The zero-order chi connectivity index (χ0) is 14.5. The second kappa shape index (κ2) is 6.91. The van der Waals surface area contributed by atoms with Gasteiger partial charge in [0.05, 0.1) is 0 Å². The Bertz CT molecular complexity index is 547. The van der Waals surface area contributed by atoms with Gasteiger partial charge in [-0.25, -0.2) is 0 Å². The molecule has 0 fully saturated rings. The van der Waals surface area contributed by atoms with Crippen molar-refractivity contribution in [3.8, 4) is 0 Å². The standard InChI is InChI=1S/C17H26N2O/c1-4-18-10-8-16-7-6-15(12-17(16)18)13-19(5-2)14(3)9-11-20/h6-8,10,12,14,20H,4-5,9,11,13H2,1-3H3/t14-/m0/s1. The van der Waals surface area contributed by atoms with Gasteiger partial charge in [-0.05, 0) is 49.9 Å². The first-order valence-corrected chi connectivity index (χ1v) is 7.62. The summed E-state index contributed by atoms with van der Waals surface area (Å²) in [5.74, 6) is 0. The van der Waals surface area contributed by atoms with E-state index < -0.39 is 0 Å². The molecule has 20 heavy (non-hydrogen) atoms. The number of aliphatic hydroxyl groups is 1. The maximum Gasteiger partial charge on any atom is 0.0483 e. The van der Waals surface area contributed by atoms with Crippen LogP contribution in [0, 0.1) is 0 Å². The van der Waals surface area contributed by atoms with Crippen molar-refractivity contribution in [2.45, 2.75) is 46.3 Å². The number of hydrogen-bond donors (Lipinski definition) is 1. The van der Waals surface area contributed by atoms with Gasteiger partial charge in [-0.15, -0.1) is 0 Å². The van der Waals surface area contributed by atoms with E-state index in [1.54, 1.807) is 0 Å². The van der Waals surface area contributed by atoms with E-state index in [0.717, 1.165) is 26.1 Å². The average molecular weight is 274 g/mol. The van der Waals surface area contributed by atoms with Crippen molar-refractivity contribution in [2.24, 2.45) is 0 Å². The molecule has 2 rings (SSSR count). The van der Waals surface area contributed by atoms with Gasteiger partial charge >= 0.3 is 0 Å². The van der Waals surface area contributed by atoms with E-state index in [9.17, 15) is 0 Å². The molecule has 0 saturated heterocycles. The zero-order valence-electron chi connectivity index (χ0n) is 12.8. The van der Waals surface area contributed by atoms with Crippen molar-refractivity contribution >= 4 is 10.9 Å². The highest BCUT2D eigenvalue weighted by molar-refractivity contribution is 5.80. The number of hydrogen-bond acceptors (Lipinski definition) is 2. The Morgan fingerprint density at radius 1 is 1.25 bits per heavy atom. The van der Waals surface area contributed by atoms with Gasteiger partial charge in [0.25, 0.3) is 0 Å². The minimum Gasteiger partial charge on any atom is -0.396 e. The lowest BCUT2D eigenvalue weighted by Crippen LogP contribution is -2.33. The lowest BCUT2D eigenvalue weighted by Gasteiger charge is -2.27. The van der Waals surface area contributed by atoms with E-state index in [1.807, 2.05) is 0 Å². The molecule has 1 aromatic carbocycles. The molecule has 3 heteroatoms. The number of aromatic nitrogens is 1. The summed E-state index contributed by atoms with van der Waals surface area (Å²) in [6, 6.07) is 9.32. The number of aliphatic hydroxyl groups excluding tert-OH is 1. The van der Waals surface area contributed by atoms with Crippen molar-refractivity contribution in [3.05, 3.63) is 36.0 Å². The minimum atomic E-state index is 0.259. The van der Waals surface area contributed by atoms with Crippen LogP contribution in [-0.2, 0) is 13.1 Å². The maximum atomic E-state index is 9.10. The molecule has 0 spiro atoms. The first kappa shape index (κ1) is 15.1. The Morgan fingerprint density at radius 2 is 2.05 bits per heavy atom. The molecule has 0 aliphatic heterocycles. The molecule has 0 aliphatic carbocycles. The highest BCUT2D eigenvalue weighted by atomic mass is 16.3. The summed E-state index contributed by atoms with van der Waals surface area (Å²) < 4.78 is 2.28. The Labute approximate surface area is 121 Å². The molecule has 0 radical (unpaired) electrons. The van der Waals surface area contributed by atoms with Crippen LogP contribution in [-0.4, -0.2) is 33.8 Å². The van der Waals surface area contributed by atoms with Crippen LogP contribution in [0.15, 0.2) is 30.5 Å². The minimum absolute atomic E-state index is 0.259. The number of fused-ring (bicyclic) bond motifs is 1. The summed E-state index contributed by atoms with van der Waals surface area (Å²) >= 11 is 0. The average Bonchev–Trinajstić information content (AvgIpc) is 2.87. The monoisotopic (exact) mass is 274 g/mol. The van der Waals surface area contributed by atoms with Gasteiger partial charge in [0.15, 0.2) is 0 Å². The van der Waals surface area contributed by atoms with Crippen molar-refractivity contribution < 1.29 is 5.11 Å². The third-order valence-electron chi connectivity index (χ3n) is 4.14. The quantitative estimate of drug-likeness (QED) is 0.839. The van der Waals surface area contributed by atoms with Crippen LogP contribution in [0.3, 0.4) is 0 Å². The Morgan fingerprint density at radius 3 is 2.70 bits per heavy atom. The normalized spacial score (nSPS) is 13.2. The summed E-state index contributed by atoms with van der Waals surface area (Å²) in [4.78, 5) is 2.41. The highest BCUT2D eigenvalue weighted by Gasteiger charge is 2.12. The van der Waals surface area contributed by atoms with Crippen LogP contribution >= 0.6 is 0 Å². The van der Waals surface area contributed by atoms with E-state index in [0.29, 0.717) is 6.04 Å². The molecule has 0 aliphatic rings. The lowest BCUT2D eigenvalue weighted by atomic mass is 10.1. The summed E-state index contributed by atoms with van der Waals surface area (Å²) in [5.41, 5.74) is 2.66. The predicted molar refractivity (Wildman–Crippen MR) is 84.9 cm³/mol. The molecule has 0 saturated carbocycles. The van der Waals surface area contributed by atoms with E-state index in [2.05, 4.69) is 60.7 Å². The van der Waals surface area contributed by atoms with Gasteiger partial charge in [-0.1, -0.05) is 19.1 Å². The first-order chi connectivity index (χ1) is 9.69. The predicted octanol–water partition coefficient (Wildman–Crippen LogP) is 3.25. The molecule has 2 aromatic rings. The third kappa shape index (κ3) is 3.22. The summed E-state index contributed by atoms with van der Waals surface area (Å²) in [6.07, 6.45) is 2.99. The fraction of sp³-hybridized carbons (Fsp3) is 0.529. The summed E-state index contributed by atoms with van der Waals surface area (Å²) in [7, 11) is 0. The van der Waals surface area contributed by atoms with E-state index >= 15 is 0 Å². The van der Waals surface area contributed by atoms with Crippen molar-refractivity contribution in [1.82, 2.24) is 9.47 Å². The largest absolute Gasteiger partial charge is 0.396 e. The fourth-order valence-corrected chi connectivity index (χ4v) is 2.79. The van der Waals surface area contributed by atoms with E-state index in [-0.39, 0.29) is 6.61 Å². The second-order valence-corrected chi connectivity index (χ2v) is 5.42. The molecule has 3 nitrogen and oxygen atoms in total. The smallest absolute Gasteiger partial charge is 0.0483 e. The lowest BCUT2D eigenvalue weighted by molar-refractivity contribution is 0.167. The van der Waals surface area contributed by atoms with Gasteiger partial charge in [0.2, 0.25) is 0 Å². The number of nitrogens with zero attached hydrogens (tertiary/aromatic N) is 2. The van der Waals surface area contributed by atoms with Crippen LogP contribution in [0.5, 0.6) is 0 Å². The topological polar surface area (TPSA) is 28.4 Å². The van der Waals surface area contributed by atoms with Crippen LogP contribution in [0.4, 0.5) is 0 Å². The fourth-order valence-electron chi connectivity index (χ4n) is 2.79. The molecule has 1 heterocycles. The first-order valence-electron chi connectivity index (χ1n) is 7.62. The van der Waals surface area contributed by atoms with Crippen molar-refractivity contribution in [1.29, 1.82) is 0 Å². The summed E-state index contributed by atoms with van der Waals surface area (Å²) in [5, 5.41) is 10.4. The van der Waals surface area contributed by atoms with Crippen LogP contribution in [0.2, 0.25) is 0 Å². The second-order valence-electron chi connectivity index (χ2n) is 5.42. The van der Waals surface area contributed by atoms with Crippen molar-refractivity contribution in [2.75, 3.05) is 13.2 Å². The molecule has 1 N–H and O–H groups in total. The Balaban J connectivity index is 2.19. The van der Waals surface area contributed by atoms with Gasteiger partial charge in [-0.2, -0.15) is 0 Å². The van der Waals surface area contributed by atoms with Gasteiger partial charge in [0, 0.05) is 37.5 Å². The molecule has 0 amide bonds. The Kier molecular flexibility index (Phi) is 5.21. The molecule has 0 bridgehead atoms. The molecule has 110 valence electrons.